The molecule has 1 aromatic carbocycles. The van der Waals surface area contributed by atoms with Gasteiger partial charge in [0.15, 0.2) is 0 Å². The Kier molecular flexibility index (Phi) is 6.86. The molecule has 5 nitrogen and oxygen atoms in total. The molecule has 0 radical (unpaired) electrons. The molecule has 0 heterocycles. The first-order valence-corrected chi connectivity index (χ1v) is 8.68. The van der Waals surface area contributed by atoms with Gasteiger partial charge in [-0.1, -0.05) is 50.3 Å². The van der Waals surface area contributed by atoms with E-state index in [1.807, 2.05) is 37.3 Å². The molecule has 0 aliphatic heterocycles. The number of amides is 1. The van der Waals surface area contributed by atoms with Crippen LogP contribution in [-0.4, -0.2) is 29.7 Å². The van der Waals surface area contributed by atoms with E-state index in [1.54, 1.807) is 5.01 Å². The average Bonchev–Trinajstić information content (AvgIpc) is 2.60. The number of hydrogen-bond acceptors (Lipinski definition) is 4. The maximum atomic E-state index is 12.3. The van der Waals surface area contributed by atoms with E-state index in [1.165, 1.54) is 19.3 Å². The van der Waals surface area contributed by atoms with Crippen molar-refractivity contribution in [3.05, 3.63) is 30.3 Å². The zero-order chi connectivity index (χ0) is 16.7. The van der Waals surface area contributed by atoms with Gasteiger partial charge in [0.1, 0.15) is 6.10 Å². The van der Waals surface area contributed by atoms with Crippen molar-refractivity contribution >= 4 is 11.6 Å². The second-order valence-corrected chi connectivity index (χ2v) is 6.40. The van der Waals surface area contributed by atoms with Gasteiger partial charge in [0.2, 0.25) is 0 Å². The highest BCUT2D eigenvalue weighted by atomic mass is 16.3. The number of benzene rings is 1. The van der Waals surface area contributed by atoms with Crippen molar-refractivity contribution < 1.29 is 9.90 Å². The summed E-state index contributed by atoms with van der Waals surface area (Å²) in [5.74, 6) is 0.108. The summed E-state index contributed by atoms with van der Waals surface area (Å²) in [5, 5.41) is 12.0. The fourth-order valence-corrected chi connectivity index (χ4v) is 3.26. The van der Waals surface area contributed by atoms with Gasteiger partial charge < -0.3 is 10.8 Å². The number of nitrogens with two attached hydrogens (primary N) is 1. The Morgan fingerprint density at radius 2 is 1.96 bits per heavy atom. The van der Waals surface area contributed by atoms with Crippen LogP contribution in [0.1, 0.15) is 45.4 Å². The predicted octanol–water partition coefficient (Wildman–Crippen LogP) is 2.20. The first-order valence-electron chi connectivity index (χ1n) is 8.68. The molecule has 1 amide bonds. The summed E-state index contributed by atoms with van der Waals surface area (Å²) in [5.41, 5.74) is 9.73. The van der Waals surface area contributed by atoms with E-state index in [4.69, 9.17) is 5.73 Å². The van der Waals surface area contributed by atoms with E-state index in [9.17, 15) is 9.90 Å². The van der Waals surface area contributed by atoms with E-state index in [0.717, 1.165) is 18.5 Å². The molecule has 1 unspecified atom stereocenters. The maximum Gasteiger partial charge on any atom is 0.268 e. The summed E-state index contributed by atoms with van der Waals surface area (Å²) in [7, 11) is 0. The monoisotopic (exact) mass is 319 g/mol. The van der Waals surface area contributed by atoms with Crippen LogP contribution in [0.2, 0.25) is 0 Å². The third-order valence-electron chi connectivity index (χ3n) is 4.63. The molecule has 0 bridgehead atoms. The van der Waals surface area contributed by atoms with E-state index < -0.39 is 18.1 Å². The Balaban J connectivity index is 1.87. The molecular weight excluding hydrogens is 290 g/mol. The van der Waals surface area contributed by atoms with Crippen molar-refractivity contribution in [2.75, 3.05) is 11.6 Å². The zero-order valence-corrected chi connectivity index (χ0v) is 13.9. The third-order valence-corrected chi connectivity index (χ3v) is 4.63. The van der Waals surface area contributed by atoms with Gasteiger partial charge in [0, 0.05) is 12.6 Å². The smallest absolute Gasteiger partial charge is 0.268 e. The molecule has 1 saturated carbocycles. The molecule has 0 aromatic heterocycles. The number of carbonyl (C=O) groups is 1. The molecule has 2 atom stereocenters. The van der Waals surface area contributed by atoms with Crippen molar-refractivity contribution in [2.45, 2.75) is 57.6 Å². The van der Waals surface area contributed by atoms with E-state index in [-0.39, 0.29) is 0 Å². The van der Waals surface area contributed by atoms with E-state index in [2.05, 4.69) is 5.43 Å². The van der Waals surface area contributed by atoms with Crippen LogP contribution in [0.4, 0.5) is 5.69 Å². The lowest BCUT2D eigenvalue weighted by atomic mass is 9.84. The number of hydrogen-bond donors (Lipinski definition) is 3. The normalized spacial score (nSPS) is 18.2. The average molecular weight is 319 g/mol. The van der Waals surface area contributed by atoms with Crippen molar-refractivity contribution in [3.8, 4) is 0 Å². The Bertz CT molecular complexity index is 474. The third kappa shape index (κ3) is 5.22. The highest BCUT2D eigenvalue weighted by Crippen LogP contribution is 2.27. The number of anilines is 1. The van der Waals surface area contributed by atoms with Crippen molar-refractivity contribution in [3.63, 3.8) is 0 Å². The minimum Gasteiger partial charge on any atom is -0.382 e. The van der Waals surface area contributed by atoms with Gasteiger partial charge in [0.05, 0.1) is 5.69 Å². The van der Waals surface area contributed by atoms with Crippen molar-refractivity contribution in [1.29, 1.82) is 0 Å². The Morgan fingerprint density at radius 3 is 2.57 bits per heavy atom. The van der Waals surface area contributed by atoms with Crippen molar-refractivity contribution in [1.82, 2.24) is 5.43 Å². The quantitative estimate of drug-likeness (QED) is 0.673. The number of aliphatic hydroxyl groups excluding tert-OH is 1. The van der Waals surface area contributed by atoms with Crippen LogP contribution in [0.3, 0.4) is 0 Å². The molecular formula is C18H29N3O2. The minimum absolute atomic E-state index is 0.431. The van der Waals surface area contributed by atoms with Gasteiger partial charge >= 0.3 is 0 Å². The number of aliphatic hydroxyl groups is 1. The largest absolute Gasteiger partial charge is 0.382 e. The lowest BCUT2D eigenvalue weighted by Gasteiger charge is -2.29. The number of hydrazine groups is 1. The Hall–Kier alpha value is -1.59. The zero-order valence-electron chi connectivity index (χ0n) is 13.9. The summed E-state index contributed by atoms with van der Waals surface area (Å²) in [4.78, 5) is 12.3. The first-order chi connectivity index (χ1) is 11.1. The van der Waals surface area contributed by atoms with Gasteiger partial charge in [0.25, 0.3) is 5.91 Å². The van der Waals surface area contributed by atoms with Gasteiger partial charge in [-0.15, -0.1) is 0 Å². The summed E-state index contributed by atoms with van der Waals surface area (Å²) in [6, 6.07) is 9.07. The molecule has 1 fully saturated rings. The second kappa shape index (κ2) is 8.89. The van der Waals surface area contributed by atoms with Crippen LogP contribution in [-0.2, 0) is 4.79 Å². The van der Waals surface area contributed by atoms with E-state index >= 15 is 0 Å². The van der Waals surface area contributed by atoms with Gasteiger partial charge in [-0.25, -0.2) is 0 Å². The first kappa shape index (κ1) is 17.8. The number of para-hydroxylation sites is 1. The van der Waals surface area contributed by atoms with Gasteiger partial charge in [-0.05, 0) is 31.4 Å². The van der Waals surface area contributed by atoms with Crippen LogP contribution < -0.4 is 16.2 Å². The lowest BCUT2D eigenvalue weighted by Crippen LogP contribution is -2.52. The molecule has 128 valence electrons. The summed E-state index contributed by atoms with van der Waals surface area (Å²) < 4.78 is 0. The summed E-state index contributed by atoms with van der Waals surface area (Å²) >= 11 is 0. The number of carbonyl (C=O) groups excluding carboxylic acids is 1. The molecule has 0 saturated heterocycles. The van der Waals surface area contributed by atoms with Crippen LogP contribution in [0.5, 0.6) is 0 Å². The second-order valence-electron chi connectivity index (χ2n) is 6.40. The molecule has 4 N–H and O–H groups in total. The highest BCUT2D eigenvalue weighted by molar-refractivity contribution is 5.82. The Morgan fingerprint density at radius 1 is 1.30 bits per heavy atom. The van der Waals surface area contributed by atoms with Crippen LogP contribution in [0.25, 0.3) is 0 Å². The summed E-state index contributed by atoms with van der Waals surface area (Å²) in [6.45, 7) is 2.56. The SMILES string of the molecule is CCN(NC(=O)C(O)[C@H](N)CC1CCCCC1)c1ccccc1. The molecule has 5 heteroatoms. The molecule has 1 aliphatic carbocycles. The molecule has 1 aromatic rings. The fourth-order valence-electron chi connectivity index (χ4n) is 3.26. The van der Waals surface area contributed by atoms with Crippen LogP contribution in [0.15, 0.2) is 30.3 Å². The van der Waals surface area contributed by atoms with Crippen molar-refractivity contribution in [2.24, 2.45) is 11.7 Å². The highest BCUT2D eigenvalue weighted by Gasteiger charge is 2.27. The van der Waals surface area contributed by atoms with E-state index in [0.29, 0.717) is 18.9 Å². The predicted molar refractivity (Wildman–Crippen MR) is 92.8 cm³/mol. The van der Waals surface area contributed by atoms with Crippen LogP contribution >= 0.6 is 0 Å². The number of nitrogens with zero attached hydrogens (tertiary/aromatic N) is 1. The summed E-state index contributed by atoms with van der Waals surface area (Å²) in [6.07, 6.45) is 5.62. The minimum atomic E-state index is -1.17. The number of rotatable bonds is 7. The molecule has 0 spiro atoms. The molecule has 23 heavy (non-hydrogen) atoms. The molecule has 2 rings (SSSR count). The maximum absolute atomic E-state index is 12.3. The van der Waals surface area contributed by atoms with Gasteiger partial charge in [-0.3, -0.25) is 15.2 Å². The van der Waals surface area contributed by atoms with Crippen LogP contribution in [0, 0.1) is 5.92 Å². The number of nitrogens with one attached hydrogen (secondary N) is 1. The topological polar surface area (TPSA) is 78.6 Å². The Labute approximate surface area is 138 Å². The fraction of sp³-hybridized carbons (Fsp3) is 0.611. The molecule has 1 aliphatic rings. The standard InChI is InChI=1S/C18H29N3O2/c1-2-21(15-11-7-4-8-12-15)20-18(23)17(22)16(19)13-14-9-5-3-6-10-14/h4,7-8,11-12,14,16-17,22H,2-3,5-6,9-10,13,19H2,1H3,(H,20,23)/t16-,17?/m1/s1. The lowest BCUT2D eigenvalue weighted by molar-refractivity contribution is -0.130. The van der Waals surface area contributed by atoms with Gasteiger partial charge in [-0.2, -0.15) is 0 Å².